The molecule has 0 unspecified atom stereocenters. The van der Waals surface area contributed by atoms with Gasteiger partial charge in [-0.15, -0.1) is 0 Å². The van der Waals surface area contributed by atoms with Crippen molar-refractivity contribution in [1.29, 1.82) is 0 Å². The van der Waals surface area contributed by atoms with Crippen LogP contribution in [0.15, 0.2) is 23.3 Å². The van der Waals surface area contributed by atoms with Crippen LogP contribution in [0.2, 0.25) is 5.02 Å². The molecule has 0 atom stereocenters. The summed E-state index contributed by atoms with van der Waals surface area (Å²) >= 11 is 5.82. The summed E-state index contributed by atoms with van der Waals surface area (Å²) in [6.45, 7) is 0. The summed E-state index contributed by atoms with van der Waals surface area (Å²) in [5.74, 6) is 0.541. The lowest BCUT2D eigenvalue weighted by atomic mass is 10.2. The van der Waals surface area contributed by atoms with Gasteiger partial charge in [-0.3, -0.25) is 0 Å². The molecule has 0 aliphatic carbocycles. The van der Waals surface area contributed by atoms with E-state index in [1.54, 1.807) is 18.2 Å². The molecule has 80 valence electrons. The van der Waals surface area contributed by atoms with E-state index in [2.05, 4.69) is 10.5 Å². The molecule has 0 heterocycles. The van der Waals surface area contributed by atoms with Crippen LogP contribution >= 0.6 is 11.6 Å². The number of nitrogens with two attached hydrogens (primary N) is 1. The molecular formula is C9H10ClN3O2. The van der Waals surface area contributed by atoms with Crippen molar-refractivity contribution in [3.05, 3.63) is 28.8 Å². The van der Waals surface area contributed by atoms with Crippen LogP contribution < -0.4 is 15.9 Å². The standard InChI is InChI=1S/C9H10ClN3O2/c1-15-8-4-6(2-3-7(8)10)5-12-13-9(11)14/h2-5H,1H3,(H3,11,13,14). The Labute approximate surface area is 91.9 Å². The number of primary amides is 1. The first kappa shape index (κ1) is 11.3. The van der Waals surface area contributed by atoms with Gasteiger partial charge in [0.15, 0.2) is 0 Å². The van der Waals surface area contributed by atoms with Gasteiger partial charge in [-0.05, 0) is 17.7 Å². The third-order valence-corrected chi connectivity index (χ3v) is 1.88. The Kier molecular flexibility index (Phi) is 3.93. The van der Waals surface area contributed by atoms with Crippen LogP contribution in [-0.4, -0.2) is 19.4 Å². The fourth-order valence-electron chi connectivity index (χ4n) is 0.927. The molecule has 0 bridgehead atoms. The Morgan fingerprint density at radius 1 is 1.67 bits per heavy atom. The Balaban J connectivity index is 2.78. The Bertz CT molecular complexity index is 393. The van der Waals surface area contributed by atoms with Crippen molar-refractivity contribution >= 4 is 23.8 Å². The molecule has 15 heavy (non-hydrogen) atoms. The summed E-state index contributed by atoms with van der Waals surface area (Å²) in [7, 11) is 1.52. The van der Waals surface area contributed by atoms with E-state index in [0.29, 0.717) is 10.8 Å². The second-order valence-corrected chi connectivity index (χ2v) is 3.04. The van der Waals surface area contributed by atoms with Crippen LogP contribution in [0.1, 0.15) is 5.56 Å². The zero-order chi connectivity index (χ0) is 11.3. The van der Waals surface area contributed by atoms with Gasteiger partial charge in [0, 0.05) is 0 Å². The van der Waals surface area contributed by atoms with Crippen molar-refractivity contribution in [3.8, 4) is 5.75 Å². The van der Waals surface area contributed by atoms with E-state index < -0.39 is 6.03 Å². The largest absolute Gasteiger partial charge is 0.495 e. The molecule has 0 fully saturated rings. The molecule has 0 spiro atoms. The normalized spacial score (nSPS) is 10.3. The minimum atomic E-state index is -0.716. The maximum Gasteiger partial charge on any atom is 0.332 e. The van der Waals surface area contributed by atoms with Gasteiger partial charge in [-0.1, -0.05) is 17.7 Å². The van der Waals surface area contributed by atoms with E-state index in [1.807, 2.05) is 0 Å². The quantitative estimate of drug-likeness (QED) is 0.604. The van der Waals surface area contributed by atoms with Crippen LogP contribution in [-0.2, 0) is 0 Å². The van der Waals surface area contributed by atoms with Crippen molar-refractivity contribution in [3.63, 3.8) is 0 Å². The molecule has 1 rings (SSSR count). The smallest absolute Gasteiger partial charge is 0.332 e. The molecule has 5 nitrogen and oxygen atoms in total. The number of hydrogen-bond acceptors (Lipinski definition) is 3. The van der Waals surface area contributed by atoms with Gasteiger partial charge in [0.2, 0.25) is 0 Å². The molecule has 0 saturated carbocycles. The summed E-state index contributed by atoms with van der Waals surface area (Å²) < 4.78 is 5.01. The number of nitrogens with one attached hydrogen (secondary N) is 1. The predicted octanol–water partition coefficient (Wildman–Crippen LogP) is 1.35. The lowest BCUT2D eigenvalue weighted by molar-refractivity contribution is 0.249. The molecule has 0 radical (unpaired) electrons. The molecule has 0 saturated heterocycles. The van der Waals surface area contributed by atoms with E-state index in [4.69, 9.17) is 22.1 Å². The van der Waals surface area contributed by atoms with Crippen LogP contribution in [0.3, 0.4) is 0 Å². The Morgan fingerprint density at radius 3 is 3.00 bits per heavy atom. The number of hydrogen-bond donors (Lipinski definition) is 2. The number of nitrogens with zero attached hydrogens (tertiary/aromatic N) is 1. The monoisotopic (exact) mass is 227 g/mol. The number of carbonyl (C=O) groups is 1. The highest BCUT2D eigenvalue weighted by atomic mass is 35.5. The lowest BCUT2D eigenvalue weighted by Gasteiger charge is -2.02. The highest BCUT2D eigenvalue weighted by Crippen LogP contribution is 2.24. The fourth-order valence-corrected chi connectivity index (χ4v) is 1.12. The molecule has 0 aromatic heterocycles. The van der Waals surface area contributed by atoms with Crippen molar-refractivity contribution in [2.45, 2.75) is 0 Å². The summed E-state index contributed by atoms with van der Waals surface area (Å²) in [6.07, 6.45) is 1.43. The van der Waals surface area contributed by atoms with Gasteiger partial charge in [-0.2, -0.15) is 5.10 Å². The van der Waals surface area contributed by atoms with E-state index in [1.165, 1.54) is 13.3 Å². The number of carbonyl (C=O) groups excluding carboxylic acids is 1. The predicted molar refractivity (Wildman–Crippen MR) is 58.3 cm³/mol. The molecule has 1 aromatic rings. The van der Waals surface area contributed by atoms with Crippen molar-refractivity contribution in [2.75, 3.05) is 7.11 Å². The van der Waals surface area contributed by atoms with Crippen LogP contribution in [0.4, 0.5) is 4.79 Å². The summed E-state index contributed by atoms with van der Waals surface area (Å²) in [4.78, 5) is 10.3. The third kappa shape index (κ3) is 3.47. The SMILES string of the molecule is COc1cc(C=NNC(N)=O)ccc1Cl. The zero-order valence-electron chi connectivity index (χ0n) is 8.03. The number of ether oxygens (including phenoxy) is 1. The molecule has 6 heteroatoms. The van der Waals surface area contributed by atoms with E-state index in [-0.39, 0.29) is 0 Å². The first-order valence-corrected chi connectivity index (χ1v) is 4.43. The molecule has 0 aliphatic rings. The minimum Gasteiger partial charge on any atom is -0.495 e. The summed E-state index contributed by atoms with van der Waals surface area (Å²) in [6, 6.07) is 4.38. The van der Waals surface area contributed by atoms with Crippen LogP contribution in [0.25, 0.3) is 0 Å². The summed E-state index contributed by atoms with van der Waals surface area (Å²) in [5, 5.41) is 4.11. The minimum absolute atomic E-state index is 0.512. The van der Waals surface area contributed by atoms with Crippen LogP contribution in [0.5, 0.6) is 5.75 Å². The molecule has 3 N–H and O–H groups in total. The summed E-state index contributed by atoms with van der Waals surface area (Å²) in [5.41, 5.74) is 7.65. The van der Waals surface area contributed by atoms with Gasteiger partial charge >= 0.3 is 6.03 Å². The van der Waals surface area contributed by atoms with Gasteiger partial charge in [-0.25, -0.2) is 10.2 Å². The third-order valence-electron chi connectivity index (χ3n) is 1.56. The molecule has 2 amide bonds. The first-order chi connectivity index (χ1) is 7.13. The number of halogens is 1. The maximum atomic E-state index is 10.3. The van der Waals surface area contributed by atoms with Crippen LogP contribution in [0, 0.1) is 0 Å². The highest BCUT2D eigenvalue weighted by Gasteiger charge is 1.99. The van der Waals surface area contributed by atoms with Gasteiger partial charge < -0.3 is 10.5 Å². The van der Waals surface area contributed by atoms with Crippen molar-refractivity contribution in [1.82, 2.24) is 5.43 Å². The van der Waals surface area contributed by atoms with E-state index in [9.17, 15) is 4.79 Å². The molecule has 1 aromatic carbocycles. The zero-order valence-corrected chi connectivity index (χ0v) is 8.78. The fraction of sp³-hybridized carbons (Fsp3) is 0.111. The molecular weight excluding hydrogens is 218 g/mol. The second-order valence-electron chi connectivity index (χ2n) is 2.63. The topological polar surface area (TPSA) is 76.7 Å². The molecule has 0 aliphatic heterocycles. The van der Waals surface area contributed by atoms with E-state index in [0.717, 1.165) is 5.56 Å². The van der Waals surface area contributed by atoms with E-state index >= 15 is 0 Å². The highest BCUT2D eigenvalue weighted by molar-refractivity contribution is 6.32. The van der Waals surface area contributed by atoms with Gasteiger partial charge in [0.1, 0.15) is 5.75 Å². The van der Waals surface area contributed by atoms with Gasteiger partial charge in [0.25, 0.3) is 0 Å². The number of hydrazone groups is 1. The van der Waals surface area contributed by atoms with Crippen molar-refractivity contribution in [2.24, 2.45) is 10.8 Å². The second kappa shape index (κ2) is 5.21. The number of benzene rings is 1. The number of urea groups is 1. The number of amides is 2. The van der Waals surface area contributed by atoms with Crippen molar-refractivity contribution < 1.29 is 9.53 Å². The average molecular weight is 228 g/mol. The first-order valence-electron chi connectivity index (χ1n) is 4.05. The Hall–Kier alpha value is -1.75. The number of methoxy groups -OCH3 is 1. The Morgan fingerprint density at radius 2 is 2.40 bits per heavy atom. The average Bonchev–Trinajstić information content (AvgIpc) is 2.20. The maximum absolute atomic E-state index is 10.3. The lowest BCUT2D eigenvalue weighted by Crippen LogP contribution is -2.24. The number of rotatable bonds is 3. The van der Waals surface area contributed by atoms with Gasteiger partial charge in [0.05, 0.1) is 18.3 Å².